The second-order valence-corrected chi connectivity index (χ2v) is 12.1. The molecule has 0 spiro atoms. The second kappa shape index (κ2) is 6.64. The minimum absolute atomic E-state index is 0.531. The number of carbonyl (C=O) groups is 1. The molecule has 19 heavy (non-hydrogen) atoms. The Hall–Kier alpha value is 0.700. The third kappa shape index (κ3) is 3.15. The Morgan fingerprint density at radius 2 is 1.32 bits per heavy atom. The Morgan fingerprint density at radius 1 is 0.947 bits per heavy atom. The van der Waals surface area contributed by atoms with Crippen LogP contribution in [0, 0.1) is 0 Å². The minimum Gasteiger partial charge on any atom is -0.379 e. The molecule has 2 rings (SSSR count). The van der Waals surface area contributed by atoms with Crippen LogP contribution in [0.3, 0.4) is 0 Å². The van der Waals surface area contributed by atoms with E-state index in [0.29, 0.717) is 58.9 Å². The molecular formula is C10H17Br2N2O4P. The molecule has 0 amide bonds. The average Bonchev–Trinajstić information content (AvgIpc) is 2.48. The fourth-order valence-corrected chi connectivity index (χ4v) is 7.63. The molecule has 2 aliphatic rings. The van der Waals surface area contributed by atoms with E-state index >= 15 is 0 Å². The molecule has 0 aromatic carbocycles. The van der Waals surface area contributed by atoms with Crippen LogP contribution in [0.2, 0.25) is 0 Å². The lowest BCUT2D eigenvalue weighted by Crippen LogP contribution is -2.47. The van der Waals surface area contributed by atoms with Gasteiger partial charge in [-0.25, -0.2) is 9.34 Å². The van der Waals surface area contributed by atoms with Gasteiger partial charge in [-0.2, -0.15) is 0 Å². The van der Waals surface area contributed by atoms with Crippen molar-refractivity contribution in [2.24, 2.45) is 0 Å². The predicted molar refractivity (Wildman–Crippen MR) is 79.0 cm³/mol. The number of hydrogen-bond acceptors (Lipinski definition) is 4. The number of nitrogens with zero attached hydrogens (tertiary/aromatic N) is 2. The van der Waals surface area contributed by atoms with Gasteiger partial charge < -0.3 is 14.3 Å². The summed E-state index contributed by atoms with van der Waals surface area (Å²) in [5, 5.41) is 0. The third-order valence-corrected chi connectivity index (χ3v) is 9.63. The maximum atomic E-state index is 13.6. The monoisotopic (exact) mass is 418 g/mol. The molecule has 6 nitrogen and oxygen atoms in total. The molecule has 0 unspecified atom stereocenters. The van der Waals surface area contributed by atoms with E-state index in [1.807, 2.05) is 9.34 Å². The van der Waals surface area contributed by atoms with Crippen molar-refractivity contribution in [1.82, 2.24) is 9.34 Å². The molecule has 110 valence electrons. The number of rotatable bonds is 4. The molecule has 0 atom stereocenters. The summed E-state index contributed by atoms with van der Waals surface area (Å²) in [6.07, 6.45) is 0.665. The van der Waals surface area contributed by atoms with Gasteiger partial charge in [0.25, 0.3) is 7.44 Å². The molecule has 0 N–H and O–H groups in total. The lowest BCUT2D eigenvalue weighted by molar-refractivity contribution is -0.106. The van der Waals surface area contributed by atoms with E-state index < -0.39 is 10.4 Å². The molecule has 2 aliphatic heterocycles. The first-order chi connectivity index (χ1) is 9.02. The van der Waals surface area contributed by atoms with Crippen molar-refractivity contribution in [2.45, 2.75) is 2.97 Å². The molecule has 0 bridgehead atoms. The van der Waals surface area contributed by atoms with Gasteiger partial charge in [0.2, 0.25) is 2.97 Å². The van der Waals surface area contributed by atoms with Gasteiger partial charge in [0.1, 0.15) is 0 Å². The molecule has 2 heterocycles. The fraction of sp³-hybridized carbons (Fsp3) is 0.900. The smallest absolute Gasteiger partial charge is 0.250 e. The molecule has 9 heteroatoms. The largest absolute Gasteiger partial charge is 0.379 e. The summed E-state index contributed by atoms with van der Waals surface area (Å²) in [4.78, 5) is 11.4. The highest BCUT2D eigenvalue weighted by molar-refractivity contribution is 9.27. The first kappa shape index (κ1) is 16.1. The summed E-state index contributed by atoms with van der Waals surface area (Å²) in [7, 11) is -3.10. The maximum absolute atomic E-state index is 13.6. The highest BCUT2D eigenvalue weighted by atomic mass is 79.9. The summed E-state index contributed by atoms with van der Waals surface area (Å²) in [6.45, 7) is 4.35. The Balaban J connectivity index is 2.30. The van der Waals surface area contributed by atoms with E-state index in [4.69, 9.17) is 9.47 Å². The van der Waals surface area contributed by atoms with Crippen LogP contribution in [0.25, 0.3) is 0 Å². The van der Waals surface area contributed by atoms with Crippen LogP contribution >= 0.6 is 39.3 Å². The van der Waals surface area contributed by atoms with E-state index in [1.54, 1.807) is 0 Å². The Bertz CT molecular complexity index is 349. The zero-order chi connectivity index (χ0) is 13.9. The molecule has 0 radical (unpaired) electrons. The summed E-state index contributed by atoms with van der Waals surface area (Å²) in [5.41, 5.74) is 0. The van der Waals surface area contributed by atoms with Gasteiger partial charge in [0, 0.05) is 26.2 Å². The van der Waals surface area contributed by atoms with Gasteiger partial charge >= 0.3 is 0 Å². The topological polar surface area (TPSA) is 59.1 Å². The Morgan fingerprint density at radius 3 is 1.63 bits per heavy atom. The van der Waals surface area contributed by atoms with Gasteiger partial charge in [-0.3, -0.25) is 4.57 Å². The number of carbonyl (C=O) groups excluding carboxylic acids is 1. The summed E-state index contributed by atoms with van der Waals surface area (Å²) in [5.74, 6) is 0. The van der Waals surface area contributed by atoms with E-state index in [-0.39, 0.29) is 0 Å². The molecule has 0 aromatic rings. The van der Waals surface area contributed by atoms with Crippen molar-refractivity contribution in [1.29, 1.82) is 0 Å². The lowest BCUT2D eigenvalue weighted by Gasteiger charge is -2.45. The Kier molecular flexibility index (Phi) is 5.62. The minimum atomic E-state index is -3.10. The van der Waals surface area contributed by atoms with Crippen LogP contribution in [0.5, 0.6) is 0 Å². The first-order valence-corrected chi connectivity index (χ1v) is 9.33. The SMILES string of the molecule is O=CC(Br)(Br)P(=O)(N1CCOCC1)N1CCOCC1. The normalized spacial score (nSPS) is 24.3. The van der Waals surface area contributed by atoms with Crippen LogP contribution in [0.4, 0.5) is 0 Å². The van der Waals surface area contributed by atoms with Gasteiger partial charge in [-0.15, -0.1) is 0 Å². The van der Waals surface area contributed by atoms with Gasteiger partial charge in [0.05, 0.1) is 26.4 Å². The standard InChI is InChI=1S/C10H17Br2N2O4P/c11-10(12,9-15)19(16,13-1-5-17-6-2-13)14-3-7-18-8-4-14/h9H,1-8H2. The molecule has 0 saturated carbocycles. The number of ether oxygens (including phenoxy) is 2. The van der Waals surface area contributed by atoms with Crippen LogP contribution < -0.4 is 0 Å². The van der Waals surface area contributed by atoms with Crippen LogP contribution in [-0.2, 0) is 18.8 Å². The van der Waals surface area contributed by atoms with Crippen molar-refractivity contribution in [2.75, 3.05) is 52.6 Å². The summed E-state index contributed by atoms with van der Waals surface area (Å²) in [6, 6.07) is 0. The zero-order valence-electron chi connectivity index (χ0n) is 10.5. The van der Waals surface area contributed by atoms with Crippen LogP contribution in [0.15, 0.2) is 0 Å². The summed E-state index contributed by atoms with van der Waals surface area (Å²) < 4.78 is 26.7. The number of morpholine rings is 2. The third-order valence-electron chi connectivity index (χ3n) is 3.27. The van der Waals surface area contributed by atoms with Crippen molar-refractivity contribution in [3.8, 4) is 0 Å². The van der Waals surface area contributed by atoms with E-state index in [2.05, 4.69) is 31.9 Å². The number of hydrogen-bond donors (Lipinski definition) is 0. The molecular weight excluding hydrogens is 403 g/mol. The van der Waals surface area contributed by atoms with Gasteiger partial charge in [0.15, 0.2) is 6.29 Å². The van der Waals surface area contributed by atoms with Crippen LogP contribution in [0.1, 0.15) is 0 Å². The van der Waals surface area contributed by atoms with Crippen molar-refractivity contribution in [3.05, 3.63) is 0 Å². The van der Waals surface area contributed by atoms with E-state index in [0.717, 1.165) is 0 Å². The quantitative estimate of drug-likeness (QED) is 0.391. The van der Waals surface area contributed by atoms with E-state index in [1.165, 1.54) is 0 Å². The average molecular weight is 420 g/mol. The summed E-state index contributed by atoms with van der Waals surface area (Å²) >= 11 is 6.59. The highest BCUT2D eigenvalue weighted by Gasteiger charge is 2.53. The molecule has 2 saturated heterocycles. The van der Waals surface area contributed by atoms with E-state index in [9.17, 15) is 9.36 Å². The number of alkyl halides is 2. The molecule has 0 aromatic heterocycles. The predicted octanol–water partition coefficient (Wildman–Crippen LogP) is 1.49. The number of halogens is 2. The maximum Gasteiger partial charge on any atom is 0.250 e. The first-order valence-electron chi connectivity index (χ1n) is 6.13. The van der Waals surface area contributed by atoms with Gasteiger partial charge in [-0.1, -0.05) is 31.9 Å². The Labute approximate surface area is 129 Å². The molecule has 0 aliphatic carbocycles. The number of aldehydes is 1. The van der Waals surface area contributed by atoms with Crippen molar-refractivity contribution < 1.29 is 18.8 Å². The highest BCUT2D eigenvalue weighted by Crippen LogP contribution is 2.68. The van der Waals surface area contributed by atoms with Crippen molar-refractivity contribution >= 4 is 45.6 Å². The van der Waals surface area contributed by atoms with Crippen LogP contribution in [-0.4, -0.2) is 71.2 Å². The van der Waals surface area contributed by atoms with Crippen molar-refractivity contribution in [3.63, 3.8) is 0 Å². The second-order valence-electron chi connectivity index (χ2n) is 4.38. The molecule has 2 fully saturated rings. The fourth-order valence-electron chi connectivity index (χ4n) is 2.27. The van der Waals surface area contributed by atoms with Gasteiger partial charge in [-0.05, 0) is 0 Å². The lowest BCUT2D eigenvalue weighted by atomic mass is 10.5. The zero-order valence-corrected chi connectivity index (χ0v) is 14.5.